The van der Waals surface area contributed by atoms with E-state index in [1.807, 2.05) is 6.08 Å². The first kappa shape index (κ1) is 61.3. The summed E-state index contributed by atoms with van der Waals surface area (Å²) in [5.41, 5.74) is 0. The van der Waals surface area contributed by atoms with Gasteiger partial charge in [0.2, 0.25) is 5.91 Å². The molecule has 3 N–H and O–H groups in total. The average molecular weight is 889 g/mol. The van der Waals surface area contributed by atoms with Gasteiger partial charge in [0.1, 0.15) is 0 Å². The van der Waals surface area contributed by atoms with Crippen LogP contribution in [0.2, 0.25) is 0 Å². The summed E-state index contributed by atoms with van der Waals surface area (Å²) in [7, 11) is 0. The smallest absolute Gasteiger partial charge is 0.305 e. The van der Waals surface area contributed by atoms with E-state index in [9.17, 15) is 19.8 Å². The lowest BCUT2D eigenvalue weighted by Gasteiger charge is -2.20. The fourth-order valence-corrected chi connectivity index (χ4v) is 8.63. The van der Waals surface area contributed by atoms with Gasteiger partial charge < -0.3 is 20.3 Å². The fourth-order valence-electron chi connectivity index (χ4n) is 8.63. The Bertz CT molecular complexity index is 982. The molecule has 0 aromatic carbocycles. The van der Waals surface area contributed by atoms with Gasteiger partial charge in [-0.1, -0.05) is 256 Å². The van der Waals surface area contributed by atoms with Gasteiger partial charge in [0.15, 0.2) is 0 Å². The molecule has 0 bridgehead atoms. The predicted octanol–water partition coefficient (Wildman–Crippen LogP) is 17.1. The molecule has 2 atom stereocenters. The molecule has 0 aliphatic carbocycles. The van der Waals surface area contributed by atoms with E-state index in [0.29, 0.717) is 19.4 Å². The van der Waals surface area contributed by atoms with Crippen molar-refractivity contribution >= 4 is 11.9 Å². The van der Waals surface area contributed by atoms with E-state index >= 15 is 0 Å². The summed E-state index contributed by atoms with van der Waals surface area (Å²) in [4.78, 5) is 24.5. The number of unbranched alkanes of at least 4 members (excludes halogenated alkanes) is 39. The minimum Gasteiger partial charge on any atom is -0.466 e. The van der Waals surface area contributed by atoms with Crippen LogP contribution >= 0.6 is 0 Å². The molecule has 1 amide bonds. The maximum absolute atomic E-state index is 12.4. The number of aliphatic hydroxyl groups is 2. The highest BCUT2D eigenvalue weighted by molar-refractivity contribution is 5.76. The third kappa shape index (κ3) is 49.6. The van der Waals surface area contributed by atoms with Crippen molar-refractivity contribution in [1.29, 1.82) is 0 Å². The van der Waals surface area contributed by atoms with E-state index in [1.165, 1.54) is 218 Å². The van der Waals surface area contributed by atoms with Crippen LogP contribution in [0.5, 0.6) is 0 Å². The number of hydrogen-bond acceptors (Lipinski definition) is 5. The molecule has 0 saturated carbocycles. The number of allylic oxidation sites excluding steroid dienone is 3. The molecule has 2 unspecified atom stereocenters. The summed E-state index contributed by atoms with van der Waals surface area (Å²) < 4.78 is 5.48. The van der Waals surface area contributed by atoms with Gasteiger partial charge in [-0.3, -0.25) is 9.59 Å². The van der Waals surface area contributed by atoms with Crippen LogP contribution in [0, 0.1) is 0 Å². The summed E-state index contributed by atoms with van der Waals surface area (Å²) in [6.45, 7) is 4.89. The maximum Gasteiger partial charge on any atom is 0.305 e. The molecule has 0 aliphatic heterocycles. The van der Waals surface area contributed by atoms with Gasteiger partial charge in [0, 0.05) is 12.8 Å². The quantitative estimate of drug-likeness (QED) is 0.0321. The van der Waals surface area contributed by atoms with Crippen molar-refractivity contribution in [1.82, 2.24) is 5.32 Å². The van der Waals surface area contributed by atoms with Crippen LogP contribution in [0.3, 0.4) is 0 Å². The summed E-state index contributed by atoms with van der Waals surface area (Å²) in [5.74, 6) is -0.0772. The molecule has 0 saturated heterocycles. The lowest BCUT2D eigenvalue weighted by molar-refractivity contribution is -0.143. The maximum atomic E-state index is 12.4. The Labute approximate surface area is 392 Å². The van der Waals surface area contributed by atoms with Crippen LogP contribution in [-0.2, 0) is 14.3 Å². The average Bonchev–Trinajstić information content (AvgIpc) is 3.28. The number of aliphatic hydroxyl groups excluding tert-OH is 2. The van der Waals surface area contributed by atoms with Crippen molar-refractivity contribution in [3.05, 3.63) is 24.3 Å². The number of rotatable bonds is 52. The highest BCUT2D eigenvalue weighted by Gasteiger charge is 2.18. The molecule has 372 valence electrons. The van der Waals surface area contributed by atoms with E-state index in [1.54, 1.807) is 6.08 Å². The number of esters is 1. The van der Waals surface area contributed by atoms with Crippen LogP contribution in [0.4, 0.5) is 0 Å². The highest BCUT2D eigenvalue weighted by atomic mass is 16.5. The van der Waals surface area contributed by atoms with E-state index in [0.717, 1.165) is 57.8 Å². The summed E-state index contributed by atoms with van der Waals surface area (Å²) in [6.07, 6.45) is 63.3. The molecule has 0 aliphatic rings. The monoisotopic (exact) mass is 888 g/mol. The van der Waals surface area contributed by atoms with Crippen molar-refractivity contribution in [2.24, 2.45) is 0 Å². The van der Waals surface area contributed by atoms with Crippen molar-refractivity contribution < 1.29 is 24.5 Å². The van der Waals surface area contributed by atoms with Gasteiger partial charge in [-0.2, -0.15) is 0 Å². The second-order valence-electron chi connectivity index (χ2n) is 19.3. The molecular weight excluding hydrogens is 779 g/mol. The van der Waals surface area contributed by atoms with E-state index in [-0.39, 0.29) is 18.5 Å². The topological polar surface area (TPSA) is 95.9 Å². The van der Waals surface area contributed by atoms with Gasteiger partial charge >= 0.3 is 5.97 Å². The Morgan fingerprint density at radius 1 is 0.429 bits per heavy atom. The third-order valence-electron chi connectivity index (χ3n) is 13.0. The van der Waals surface area contributed by atoms with E-state index in [2.05, 4.69) is 31.3 Å². The molecule has 63 heavy (non-hydrogen) atoms. The highest BCUT2D eigenvalue weighted by Crippen LogP contribution is 2.16. The molecule has 0 aromatic rings. The number of nitrogens with one attached hydrogen (secondary N) is 1. The van der Waals surface area contributed by atoms with Gasteiger partial charge in [0.25, 0.3) is 0 Å². The molecule has 0 radical (unpaired) electrons. The molecule has 6 heteroatoms. The fraction of sp³-hybridized carbons (Fsp3) is 0.895. The lowest BCUT2D eigenvalue weighted by Crippen LogP contribution is -2.45. The minimum atomic E-state index is -0.852. The number of amides is 1. The molecule has 0 rings (SSSR count). The van der Waals surface area contributed by atoms with Crippen LogP contribution in [0.1, 0.15) is 303 Å². The Kier molecular flexibility index (Phi) is 51.6. The first-order chi connectivity index (χ1) is 31.0. The summed E-state index contributed by atoms with van der Waals surface area (Å²) >= 11 is 0. The molecular formula is C57H109NO5. The van der Waals surface area contributed by atoms with Crippen LogP contribution < -0.4 is 5.32 Å². The lowest BCUT2D eigenvalue weighted by atomic mass is 10.0. The second kappa shape index (κ2) is 53.0. The molecule has 0 aromatic heterocycles. The van der Waals surface area contributed by atoms with Gasteiger partial charge in [-0.25, -0.2) is 0 Å². The Morgan fingerprint density at radius 3 is 1.13 bits per heavy atom. The Morgan fingerprint density at radius 2 is 0.746 bits per heavy atom. The summed E-state index contributed by atoms with van der Waals surface area (Å²) in [5, 5.41) is 23.0. The number of carbonyl (C=O) groups excluding carboxylic acids is 2. The van der Waals surface area contributed by atoms with E-state index in [4.69, 9.17) is 4.74 Å². The molecule has 0 spiro atoms. The van der Waals surface area contributed by atoms with Gasteiger partial charge in [0.05, 0.1) is 25.4 Å². The third-order valence-corrected chi connectivity index (χ3v) is 13.0. The van der Waals surface area contributed by atoms with Crippen molar-refractivity contribution in [3.63, 3.8) is 0 Å². The van der Waals surface area contributed by atoms with Crippen molar-refractivity contribution in [3.8, 4) is 0 Å². The normalized spacial score (nSPS) is 12.8. The number of ether oxygens (including phenoxy) is 1. The van der Waals surface area contributed by atoms with Gasteiger partial charge in [-0.05, 0) is 57.8 Å². The second-order valence-corrected chi connectivity index (χ2v) is 19.3. The summed E-state index contributed by atoms with van der Waals surface area (Å²) in [6, 6.07) is -0.636. The van der Waals surface area contributed by atoms with Crippen LogP contribution in [-0.4, -0.2) is 47.4 Å². The Balaban J connectivity index is 3.45. The zero-order valence-corrected chi connectivity index (χ0v) is 42.3. The predicted molar refractivity (Wildman–Crippen MR) is 273 cm³/mol. The van der Waals surface area contributed by atoms with Crippen molar-refractivity contribution in [2.45, 2.75) is 315 Å². The molecule has 6 nitrogen and oxygen atoms in total. The van der Waals surface area contributed by atoms with Crippen LogP contribution in [0.15, 0.2) is 24.3 Å². The zero-order valence-electron chi connectivity index (χ0n) is 42.3. The largest absolute Gasteiger partial charge is 0.466 e. The first-order valence-corrected chi connectivity index (χ1v) is 28.1. The zero-order chi connectivity index (χ0) is 45.8. The molecule has 0 heterocycles. The molecule has 0 fully saturated rings. The van der Waals surface area contributed by atoms with E-state index < -0.39 is 12.1 Å². The van der Waals surface area contributed by atoms with Crippen molar-refractivity contribution in [2.75, 3.05) is 13.2 Å². The van der Waals surface area contributed by atoms with Gasteiger partial charge in [-0.15, -0.1) is 0 Å². The standard InChI is InChI=1S/C57H109NO5/c1-3-5-7-9-11-13-15-17-22-27-31-35-39-43-47-51-57(62)63-52-48-44-40-36-32-28-24-21-19-18-20-23-26-30-34-38-42-46-50-56(61)58-54(53-59)55(60)49-45-41-37-33-29-25-16-14-12-10-8-6-4-2/h20,23,45,49,54-55,59-60H,3-19,21-22,24-44,46-48,50-53H2,1-2H3,(H,58,61)/b23-20-,49-45+. The Hall–Kier alpha value is -1.66. The number of hydrogen-bond donors (Lipinski definition) is 3. The minimum absolute atomic E-state index is 0.00491. The SMILES string of the molecule is CCCCCCCCCCCCC/C=C/C(O)C(CO)NC(=O)CCCCCCC/C=C\CCCCCCCCCCCOC(=O)CCCCCCCCCCCCCCCCC. The first-order valence-electron chi connectivity index (χ1n) is 28.1. The van der Waals surface area contributed by atoms with Crippen LogP contribution in [0.25, 0.3) is 0 Å². The number of carbonyl (C=O) groups is 2.